The van der Waals surface area contributed by atoms with Crippen molar-refractivity contribution in [1.82, 2.24) is 5.32 Å². The van der Waals surface area contributed by atoms with Crippen LogP contribution in [0.1, 0.15) is 24.8 Å². The van der Waals surface area contributed by atoms with Crippen LogP contribution in [0.3, 0.4) is 0 Å². The summed E-state index contributed by atoms with van der Waals surface area (Å²) in [7, 11) is -1.27. The number of esters is 1. The summed E-state index contributed by atoms with van der Waals surface area (Å²) in [5.41, 5.74) is 0.885. The molecule has 0 saturated heterocycles. The monoisotopic (exact) mass is 423 g/mol. The second-order valence-corrected chi connectivity index (χ2v) is 13.9. The van der Waals surface area contributed by atoms with Gasteiger partial charge in [-0.15, -0.1) is 0 Å². The predicted octanol–water partition coefficient (Wildman–Crippen LogP) is 3.14. The van der Waals surface area contributed by atoms with Crippen molar-refractivity contribution in [2.45, 2.75) is 51.6 Å². The molecule has 7 nitrogen and oxygen atoms in total. The molecule has 0 aromatic heterocycles. The summed E-state index contributed by atoms with van der Waals surface area (Å²) in [5.74, 6) is -1.01. The highest BCUT2D eigenvalue weighted by molar-refractivity contribution is 6.76. The van der Waals surface area contributed by atoms with E-state index in [0.717, 1.165) is 11.6 Å². The van der Waals surface area contributed by atoms with Gasteiger partial charge in [-0.05, 0) is 11.6 Å². The van der Waals surface area contributed by atoms with E-state index in [4.69, 9.17) is 9.47 Å². The van der Waals surface area contributed by atoms with Crippen molar-refractivity contribution in [3.8, 4) is 0 Å². The van der Waals surface area contributed by atoms with E-state index in [2.05, 4.69) is 25.0 Å². The Morgan fingerprint density at radius 3 is 2.38 bits per heavy atom. The lowest BCUT2D eigenvalue weighted by atomic mass is 10.0. The van der Waals surface area contributed by atoms with Crippen molar-refractivity contribution < 1.29 is 29.0 Å². The average Bonchev–Trinajstić information content (AvgIpc) is 2.67. The fraction of sp³-hybridized carbons (Fsp3) is 0.571. The standard InChI is InChI=1S/C21H33NO6Si/c1-29(2,3)12-11-27-21(26)22-14-18(15-23)13-19(24)9-10-20(25)28-16-17-7-5-4-6-8-17/h4-8,18,23H,9-16H2,1-3H3,(H,22,26)/t18-/m0/s1. The number of ketones is 1. The zero-order valence-electron chi connectivity index (χ0n) is 17.6. The van der Waals surface area contributed by atoms with Gasteiger partial charge in [0.15, 0.2) is 0 Å². The van der Waals surface area contributed by atoms with Crippen molar-refractivity contribution in [3.63, 3.8) is 0 Å². The van der Waals surface area contributed by atoms with Gasteiger partial charge in [0.2, 0.25) is 0 Å². The molecule has 0 aliphatic heterocycles. The van der Waals surface area contributed by atoms with Crippen LogP contribution in [0.4, 0.5) is 4.79 Å². The second kappa shape index (κ2) is 13.1. The van der Waals surface area contributed by atoms with Crippen LogP contribution in [0.5, 0.6) is 0 Å². The van der Waals surface area contributed by atoms with Crippen LogP contribution in [0.15, 0.2) is 30.3 Å². The van der Waals surface area contributed by atoms with E-state index in [1.165, 1.54) is 0 Å². The van der Waals surface area contributed by atoms with Crippen LogP contribution in [-0.4, -0.2) is 50.8 Å². The Kier molecular flexibility index (Phi) is 11.2. The second-order valence-electron chi connectivity index (χ2n) is 8.27. The van der Waals surface area contributed by atoms with Gasteiger partial charge in [0.1, 0.15) is 12.4 Å². The largest absolute Gasteiger partial charge is 0.461 e. The molecule has 0 bridgehead atoms. The summed E-state index contributed by atoms with van der Waals surface area (Å²) in [4.78, 5) is 35.5. The molecule has 0 heterocycles. The molecular formula is C21H33NO6Si. The first-order valence-electron chi connectivity index (χ1n) is 9.92. The topological polar surface area (TPSA) is 102 Å². The van der Waals surface area contributed by atoms with Crippen LogP contribution in [0.2, 0.25) is 25.7 Å². The summed E-state index contributed by atoms with van der Waals surface area (Å²) in [6.07, 6.45) is -0.420. The minimum Gasteiger partial charge on any atom is -0.461 e. The SMILES string of the molecule is C[Si](C)(C)CCOC(=O)NC[C@@H](CO)CC(=O)CCC(=O)OCc1ccccc1. The van der Waals surface area contributed by atoms with E-state index >= 15 is 0 Å². The molecule has 1 atom stereocenters. The first-order valence-corrected chi connectivity index (χ1v) is 13.6. The molecule has 8 heteroatoms. The van der Waals surface area contributed by atoms with E-state index in [-0.39, 0.29) is 44.8 Å². The molecule has 0 fully saturated rings. The molecule has 2 N–H and O–H groups in total. The van der Waals surface area contributed by atoms with E-state index in [9.17, 15) is 19.5 Å². The van der Waals surface area contributed by atoms with Gasteiger partial charge in [0, 0.05) is 40.0 Å². The van der Waals surface area contributed by atoms with E-state index in [1.807, 2.05) is 30.3 Å². The number of benzene rings is 1. The number of ether oxygens (including phenoxy) is 2. The molecule has 0 unspecified atom stereocenters. The van der Waals surface area contributed by atoms with Gasteiger partial charge in [-0.25, -0.2) is 4.79 Å². The molecule has 0 radical (unpaired) electrons. The van der Waals surface area contributed by atoms with Gasteiger partial charge < -0.3 is 19.9 Å². The number of aliphatic hydroxyl groups is 1. The maximum absolute atomic E-state index is 12.1. The Hall–Kier alpha value is -2.19. The molecule has 29 heavy (non-hydrogen) atoms. The number of aliphatic hydroxyl groups excluding tert-OH is 1. The highest BCUT2D eigenvalue weighted by Crippen LogP contribution is 2.09. The minimum absolute atomic E-state index is 0.00399. The molecule has 0 saturated carbocycles. The van der Waals surface area contributed by atoms with Crippen LogP contribution in [0.25, 0.3) is 0 Å². The molecule has 1 rings (SSSR count). The van der Waals surface area contributed by atoms with Crippen LogP contribution < -0.4 is 5.32 Å². The summed E-state index contributed by atoms with van der Waals surface area (Å²) >= 11 is 0. The third-order valence-corrected chi connectivity index (χ3v) is 5.95. The summed E-state index contributed by atoms with van der Waals surface area (Å²) in [6, 6.07) is 10.2. The van der Waals surface area contributed by atoms with Crippen LogP contribution >= 0.6 is 0 Å². The number of carbonyl (C=O) groups is 3. The summed E-state index contributed by atoms with van der Waals surface area (Å²) < 4.78 is 10.3. The summed E-state index contributed by atoms with van der Waals surface area (Å²) in [6.45, 7) is 7.04. The third kappa shape index (κ3) is 12.8. The van der Waals surface area contributed by atoms with Crippen molar-refractivity contribution in [2.75, 3.05) is 19.8 Å². The number of alkyl carbamates (subject to hydrolysis) is 1. The highest BCUT2D eigenvalue weighted by atomic mass is 28.3. The fourth-order valence-corrected chi connectivity index (χ4v) is 3.12. The fourth-order valence-electron chi connectivity index (χ4n) is 2.41. The lowest BCUT2D eigenvalue weighted by Gasteiger charge is -2.17. The van der Waals surface area contributed by atoms with Gasteiger partial charge in [-0.3, -0.25) is 9.59 Å². The first kappa shape index (κ1) is 24.8. The average molecular weight is 424 g/mol. The smallest absolute Gasteiger partial charge is 0.407 e. The lowest BCUT2D eigenvalue weighted by Crippen LogP contribution is -2.33. The maximum Gasteiger partial charge on any atom is 0.407 e. The van der Waals surface area contributed by atoms with Crippen LogP contribution in [-0.2, 0) is 25.7 Å². The van der Waals surface area contributed by atoms with Crippen molar-refractivity contribution in [2.24, 2.45) is 5.92 Å². The Morgan fingerprint density at radius 1 is 1.07 bits per heavy atom. The van der Waals surface area contributed by atoms with Crippen molar-refractivity contribution >= 4 is 25.9 Å². The number of Topliss-reactive ketones (excluding diaryl/α,β-unsaturated/α-hetero) is 1. The Bertz CT molecular complexity index is 644. The quantitative estimate of drug-likeness (QED) is 0.373. The van der Waals surface area contributed by atoms with Crippen LogP contribution in [0, 0.1) is 5.92 Å². The predicted molar refractivity (Wildman–Crippen MR) is 113 cm³/mol. The van der Waals surface area contributed by atoms with Gasteiger partial charge in [-0.2, -0.15) is 0 Å². The Labute approximate surface area is 173 Å². The van der Waals surface area contributed by atoms with Gasteiger partial charge in [0.05, 0.1) is 13.0 Å². The molecule has 1 aromatic carbocycles. The van der Waals surface area contributed by atoms with Gasteiger partial charge in [-0.1, -0.05) is 50.0 Å². The highest BCUT2D eigenvalue weighted by Gasteiger charge is 2.17. The number of rotatable bonds is 13. The first-order chi connectivity index (χ1) is 13.7. The molecular weight excluding hydrogens is 390 g/mol. The minimum atomic E-state index is -1.27. The normalized spacial score (nSPS) is 12.1. The van der Waals surface area contributed by atoms with Gasteiger partial charge >= 0.3 is 12.1 Å². The zero-order chi connectivity index (χ0) is 21.7. The number of hydrogen-bond acceptors (Lipinski definition) is 6. The van der Waals surface area contributed by atoms with E-state index < -0.39 is 26.1 Å². The number of nitrogens with one attached hydrogen (secondary N) is 1. The number of hydrogen-bond donors (Lipinski definition) is 2. The van der Waals surface area contributed by atoms with E-state index in [0.29, 0.717) is 6.61 Å². The lowest BCUT2D eigenvalue weighted by molar-refractivity contribution is -0.146. The summed E-state index contributed by atoms with van der Waals surface area (Å²) in [5, 5.41) is 12.0. The molecule has 0 spiro atoms. The molecule has 0 aliphatic carbocycles. The van der Waals surface area contributed by atoms with E-state index in [1.54, 1.807) is 0 Å². The molecule has 162 valence electrons. The number of amides is 1. The van der Waals surface area contributed by atoms with Gasteiger partial charge in [0.25, 0.3) is 0 Å². The molecule has 1 amide bonds. The Morgan fingerprint density at radius 2 is 1.76 bits per heavy atom. The molecule has 1 aromatic rings. The number of carbonyl (C=O) groups excluding carboxylic acids is 3. The third-order valence-electron chi connectivity index (χ3n) is 4.25. The zero-order valence-corrected chi connectivity index (χ0v) is 18.6. The Balaban J connectivity index is 2.21. The van der Waals surface area contributed by atoms with Crippen molar-refractivity contribution in [3.05, 3.63) is 35.9 Å². The molecule has 0 aliphatic rings. The van der Waals surface area contributed by atoms with Crippen molar-refractivity contribution in [1.29, 1.82) is 0 Å². The maximum atomic E-state index is 12.1.